The highest BCUT2D eigenvalue weighted by Gasteiger charge is 2.26. The molecule has 4 heteroatoms. The third-order valence-electron chi connectivity index (χ3n) is 3.69. The molecule has 1 aliphatic rings. The van der Waals surface area contributed by atoms with E-state index in [1.165, 1.54) is 0 Å². The number of carbonyl (C=O) groups is 1. The Morgan fingerprint density at radius 2 is 2.00 bits per heavy atom. The summed E-state index contributed by atoms with van der Waals surface area (Å²) in [7, 11) is 0. The summed E-state index contributed by atoms with van der Waals surface area (Å²) in [6.07, 6.45) is 3.78. The summed E-state index contributed by atoms with van der Waals surface area (Å²) in [5.74, 6) is -0.171. The van der Waals surface area contributed by atoms with Crippen molar-refractivity contribution in [2.24, 2.45) is 5.73 Å². The molecule has 0 aliphatic heterocycles. The number of nitrogens with two attached hydrogens (primary N) is 1. The second-order valence-corrected chi connectivity index (χ2v) is 5.26. The van der Waals surface area contributed by atoms with E-state index in [0.717, 1.165) is 31.2 Å². The molecule has 4 nitrogen and oxygen atoms in total. The smallest absolute Gasteiger partial charge is 0.237 e. The molecule has 1 aromatic carbocycles. The lowest BCUT2D eigenvalue weighted by atomic mass is 9.92. The zero-order valence-corrected chi connectivity index (χ0v) is 11.1. The highest BCUT2D eigenvalue weighted by atomic mass is 16.3. The highest BCUT2D eigenvalue weighted by molar-refractivity contribution is 5.82. The lowest BCUT2D eigenvalue weighted by molar-refractivity contribution is -0.124. The van der Waals surface area contributed by atoms with Crippen LogP contribution in [-0.4, -0.2) is 29.2 Å². The van der Waals surface area contributed by atoms with Crippen LogP contribution in [0.25, 0.3) is 0 Å². The maximum absolute atomic E-state index is 12.0. The first kappa shape index (κ1) is 14.0. The summed E-state index contributed by atoms with van der Waals surface area (Å²) >= 11 is 0. The van der Waals surface area contributed by atoms with E-state index in [2.05, 4.69) is 5.32 Å². The van der Waals surface area contributed by atoms with Crippen LogP contribution >= 0.6 is 0 Å². The van der Waals surface area contributed by atoms with E-state index in [0.29, 0.717) is 6.42 Å². The molecule has 104 valence electrons. The number of aliphatic hydroxyl groups excluding tert-OH is 1. The highest BCUT2D eigenvalue weighted by Crippen LogP contribution is 2.18. The molecular formula is C15H22N2O2. The van der Waals surface area contributed by atoms with E-state index in [-0.39, 0.29) is 11.9 Å². The van der Waals surface area contributed by atoms with Crippen molar-refractivity contribution in [1.29, 1.82) is 0 Å². The molecule has 0 saturated heterocycles. The molecule has 19 heavy (non-hydrogen) atoms. The van der Waals surface area contributed by atoms with Crippen molar-refractivity contribution in [3.63, 3.8) is 0 Å². The predicted octanol–water partition coefficient (Wildman–Crippen LogP) is 0.976. The molecule has 0 heterocycles. The Bertz CT molecular complexity index is 408. The molecule has 0 radical (unpaired) electrons. The normalized spacial score (nSPS) is 24.7. The molecule has 1 aromatic rings. The third kappa shape index (κ3) is 4.04. The van der Waals surface area contributed by atoms with Gasteiger partial charge in [-0.15, -0.1) is 0 Å². The Balaban J connectivity index is 1.85. The zero-order valence-electron chi connectivity index (χ0n) is 11.1. The van der Waals surface area contributed by atoms with Crippen molar-refractivity contribution >= 4 is 5.91 Å². The number of carbonyl (C=O) groups excluding carboxylic acids is 1. The summed E-state index contributed by atoms with van der Waals surface area (Å²) in [5.41, 5.74) is 6.97. The monoisotopic (exact) mass is 262 g/mol. The van der Waals surface area contributed by atoms with Gasteiger partial charge >= 0.3 is 0 Å². The number of amides is 1. The molecule has 2 unspecified atom stereocenters. The second-order valence-electron chi connectivity index (χ2n) is 5.26. The number of hydrogen-bond donors (Lipinski definition) is 3. The molecule has 3 atom stereocenters. The molecule has 1 amide bonds. The molecule has 1 saturated carbocycles. The van der Waals surface area contributed by atoms with Crippen LogP contribution in [0.4, 0.5) is 0 Å². The minimum atomic E-state index is -0.559. The van der Waals surface area contributed by atoms with E-state index in [1.54, 1.807) is 0 Å². The summed E-state index contributed by atoms with van der Waals surface area (Å²) in [6, 6.07) is 9.04. The fourth-order valence-corrected chi connectivity index (χ4v) is 2.53. The van der Waals surface area contributed by atoms with Crippen LogP contribution in [0.5, 0.6) is 0 Å². The summed E-state index contributed by atoms with van der Waals surface area (Å²) in [4.78, 5) is 12.0. The average molecular weight is 262 g/mol. The van der Waals surface area contributed by atoms with Crippen molar-refractivity contribution in [1.82, 2.24) is 5.32 Å². The number of aliphatic hydroxyl groups is 1. The third-order valence-corrected chi connectivity index (χ3v) is 3.69. The van der Waals surface area contributed by atoms with Gasteiger partial charge in [0.25, 0.3) is 0 Å². The lowest BCUT2D eigenvalue weighted by Crippen LogP contribution is -2.51. The Labute approximate surface area is 114 Å². The van der Waals surface area contributed by atoms with Gasteiger partial charge in [0.2, 0.25) is 5.91 Å². The topological polar surface area (TPSA) is 75.4 Å². The standard InChI is InChI=1S/C15H22N2O2/c16-12(10-11-6-2-1-3-7-11)15(19)17-13-8-4-5-9-14(13)18/h1-3,6-7,12-14,18H,4-5,8-10,16H2,(H,17,19)/t12-,13?,14?/m1/s1. The van der Waals surface area contributed by atoms with Crippen LogP contribution in [0, 0.1) is 0 Å². The molecule has 2 rings (SSSR count). The molecule has 1 fully saturated rings. The average Bonchev–Trinajstić information content (AvgIpc) is 2.42. The quantitative estimate of drug-likeness (QED) is 0.757. The van der Waals surface area contributed by atoms with E-state index < -0.39 is 12.1 Å². The predicted molar refractivity (Wildman–Crippen MR) is 74.5 cm³/mol. The first-order valence-electron chi connectivity index (χ1n) is 6.95. The number of nitrogens with one attached hydrogen (secondary N) is 1. The maximum atomic E-state index is 12.0. The fourth-order valence-electron chi connectivity index (χ4n) is 2.53. The molecule has 0 aromatic heterocycles. The molecule has 1 aliphatic carbocycles. The van der Waals surface area contributed by atoms with Crippen molar-refractivity contribution in [3.05, 3.63) is 35.9 Å². The Kier molecular flexibility index (Phi) is 4.93. The van der Waals surface area contributed by atoms with Crippen LogP contribution in [0.3, 0.4) is 0 Å². The first-order chi connectivity index (χ1) is 9.16. The van der Waals surface area contributed by atoms with Crippen LogP contribution < -0.4 is 11.1 Å². The van der Waals surface area contributed by atoms with Crippen LogP contribution in [0.1, 0.15) is 31.2 Å². The molecule has 0 spiro atoms. The van der Waals surface area contributed by atoms with Crippen molar-refractivity contribution in [3.8, 4) is 0 Å². The minimum absolute atomic E-state index is 0.136. The number of benzene rings is 1. The van der Waals surface area contributed by atoms with E-state index in [9.17, 15) is 9.90 Å². The lowest BCUT2D eigenvalue weighted by Gasteiger charge is -2.29. The van der Waals surface area contributed by atoms with E-state index in [4.69, 9.17) is 5.73 Å². The van der Waals surface area contributed by atoms with Gasteiger partial charge in [-0.1, -0.05) is 43.2 Å². The SMILES string of the molecule is N[C@H](Cc1ccccc1)C(=O)NC1CCCCC1O. The van der Waals surface area contributed by atoms with Crippen molar-refractivity contribution in [2.45, 2.75) is 50.3 Å². The Morgan fingerprint density at radius 1 is 1.32 bits per heavy atom. The Morgan fingerprint density at radius 3 is 2.68 bits per heavy atom. The van der Waals surface area contributed by atoms with Gasteiger partial charge in [0.15, 0.2) is 0 Å². The first-order valence-corrected chi connectivity index (χ1v) is 6.95. The zero-order chi connectivity index (χ0) is 13.7. The van der Waals surface area contributed by atoms with Gasteiger partial charge in [-0.25, -0.2) is 0 Å². The van der Waals surface area contributed by atoms with Crippen molar-refractivity contribution in [2.75, 3.05) is 0 Å². The maximum Gasteiger partial charge on any atom is 0.237 e. The largest absolute Gasteiger partial charge is 0.391 e. The van der Waals surface area contributed by atoms with Gasteiger partial charge < -0.3 is 16.2 Å². The van der Waals surface area contributed by atoms with Gasteiger partial charge in [0.05, 0.1) is 18.2 Å². The number of hydrogen-bond acceptors (Lipinski definition) is 3. The van der Waals surface area contributed by atoms with Gasteiger partial charge in [-0.2, -0.15) is 0 Å². The van der Waals surface area contributed by atoms with E-state index >= 15 is 0 Å². The van der Waals surface area contributed by atoms with Gasteiger partial charge in [-0.3, -0.25) is 4.79 Å². The molecular weight excluding hydrogens is 240 g/mol. The summed E-state index contributed by atoms with van der Waals surface area (Å²) in [6.45, 7) is 0. The van der Waals surface area contributed by atoms with Gasteiger partial charge in [-0.05, 0) is 24.8 Å². The second kappa shape index (κ2) is 6.68. The van der Waals surface area contributed by atoms with Crippen LogP contribution in [0.15, 0.2) is 30.3 Å². The fraction of sp³-hybridized carbons (Fsp3) is 0.533. The summed E-state index contributed by atoms with van der Waals surface area (Å²) in [5, 5.41) is 12.7. The molecule has 0 bridgehead atoms. The van der Waals surface area contributed by atoms with E-state index in [1.807, 2.05) is 30.3 Å². The number of rotatable bonds is 4. The van der Waals surface area contributed by atoms with Crippen molar-refractivity contribution < 1.29 is 9.90 Å². The van der Waals surface area contributed by atoms with Gasteiger partial charge in [0.1, 0.15) is 0 Å². The van der Waals surface area contributed by atoms with Crippen LogP contribution in [-0.2, 0) is 11.2 Å². The van der Waals surface area contributed by atoms with Crippen LogP contribution in [0.2, 0.25) is 0 Å². The minimum Gasteiger partial charge on any atom is -0.391 e. The molecule has 4 N–H and O–H groups in total. The Hall–Kier alpha value is -1.39. The summed E-state index contributed by atoms with van der Waals surface area (Å²) < 4.78 is 0. The van der Waals surface area contributed by atoms with Gasteiger partial charge in [0, 0.05) is 0 Å².